The Balaban J connectivity index is 1.93. The summed E-state index contributed by atoms with van der Waals surface area (Å²) < 4.78 is 21.1. The highest BCUT2D eigenvalue weighted by atomic mass is 16.5. The molecule has 8 heteroatoms. The highest BCUT2D eigenvalue weighted by Gasteiger charge is 2.17. The molecule has 0 spiro atoms. The number of ether oxygens (including phenoxy) is 4. The largest absolute Gasteiger partial charge is 0.493 e. The van der Waals surface area contributed by atoms with Crippen molar-refractivity contribution in [2.24, 2.45) is 0 Å². The first-order chi connectivity index (χ1) is 15.0. The molecule has 168 valence electrons. The summed E-state index contributed by atoms with van der Waals surface area (Å²) in [6.07, 6.45) is 0.768. The third kappa shape index (κ3) is 6.89. The molecular formula is C23H30N2O6. The molecule has 31 heavy (non-hydrogen) atoms. The predicted molar refractivity (Wildman–Crippen MR) is 117 cm³/mol. The van der Waals surface area contributed by atoms with E-state index in [9.17, 15) is 9.59 Å². The van der Waals surface area contributed by atoms with Crippen molar-refractivity contribution in [1.29, 1.82) is 0 Å². The lowest BCUT2D eigenvalue weighted by Gasteiger charge is -2.14. The molecule has 0 aliphatic carbocycles. The Morgan fingerprint density at radius 1 is 0.839 bits per heavy atom. The van der Waals surface area contributed by atoms with Crippen molar-refractivity contribution < 1.29 is 28.5 Å². The molecule has 0 saturated carbocycles. The van der Waals surface area contributed by atoms with Gasteiger partial charge in [0.2, 0.25) is 5.75 Å². The fourth-order valence-corrected chi connectivity index (χ4v) is 2.89. The van der Waals surface area contributed by atoms with E-state index in [0.29, 0.717) is 54.7 Å². The van der Waals surface area contributed by atoms with Crippen molar-refractivity contribution in [3.05, 3.63) is 53.1 Å². The fraction of sp³-hybridized carbons (Fsp3) is 0.391. The summed E-state index contributed by atoms with van der Waals surface area (Å²) in [6.45, 7) is 4.11. The average Bonchev–Trinajstić information content (AvgIpc) is 2.81. The number of carbonyl (C=O) groups excluding carboxylic acids is 2. The Bertz CT molecular complexity index is 842. The van der Waals surface area contributed by atoms with Crippen LogP contribution in [0.3, 0.4) is 0 Å². The van der Waals surface area contributed by atoms with Gasteiger partial charge in [0.05, 0.1) is 21.3 Å². The molecule has 2 N–H and O–H groups in total. The molecular weight excluding hydrogens is 400 g/mol. The van der Waals surface area contributed by atoms with Crippen LogP contribution in [-0.2, 0) is 11.3 Å². The van der Waals surface area contributed by atoms with Gasteiger partial charge in [-0.3, -0.25) is 9.59 Å². The quantitative estimate of drug-likeness (QED) is 0.503. The van der Waals surface area contributed by atoms with Crippen LogP contribution in [0.5, 0.6) is 17.2 Å². The van der Waals surface area contributed by atoms with Gasteiger partial charge in [-0.2, -0.15) is 0 Å². The van der Waals surface area contributed by atoms with Crippen LogP contribution in [0.15, 0.2) is 36.4 Å². The third-order valence-electron chi connectivity index (χ3n) is 4.55. The van der Waals surface area contributed by atoms with E-state index < -0.39 is 0 Å². The van der Waals surface area contributed by atoms with Gasteiger partial charge in [0.15, 0.2) is 11.5 Å². The Morgan fingerprint density at radius 3 is 2.00 bits per heavy atom. The van der Waals surface area contributed by atoms with E-state index in [0.717, 1.165) is 12.0 Å². The summed E-state index contributed by atoms with van der Waals surface area (Å²) in [4.78, 5) is 24.7. The molecule has 0 radical (unpaired) electrons. The summed E-state index contributed by atoms with van der Waals surface area (Å²) in [5.41, 5.74) is 1.82. The van der Waals surface area contributed by atoms with E-state index in [2.05, 4.69) is 10.6 Å². The predicted octanol–water partition coefficient (Wildman–Crippen LogP) is 2.80. The van der Waals surface area contributed by atoms with Crippen LogP contribution in [0.4, 0.5) is 0 Å². The molecule has 2 rings (SSSR count). The summed E-state index contributed by atoms with van der Waals surface area (Å²) >= 11 is 0. The zero-order valence-electron chi connectivity index (χ0n) is 18.4. The van der Waals surface area contributed by atoms with Gasteiger partial charge < -0.3 is 29.6 Å². The molecule has 0 unspecified atom stereocenters. The van der Waals surface area contributed by atoms with Crippen LogP contribution in [0.25, 0.3) is 0 Å². The van der Waals surface area contributed by atoms with Crippen molar-refractivity contribution in [2.75, 3.05) is 41.1 Å². The highest BCUT2D eigenvalue weighted by molar-refractivity contribution is 5.96. The van der Waals surface area contributed by atoms with E-state index in [1.165, 1.54) is 21.3 Å². The molecule has 8 nitrogen and oxygen atoms in total. The van der Waals surface area contributed by atoms with Crippen LogP contribution < -0.4 is 24.8 Å². The molecule has 2 aromatic rings. The lowest BCUT2D eigenvalue weighted by atomic mass is 10.1. The zero-order valence-corrected chi connectivity index (χ0v) is 18.4. The van der Waals surface area contributed by atoms with Gasteiger partial charge in [0.1, 0.15) is 0 Å². The molecule has 2 aromatic carbocycles. The first-order valence-electron chi connectivity index (χ1n) is 10.1. The first-order valence-corrected chi connectivity index (χ1v) is 10.1. The van der Waals surface area contributed by atoms with Crippen molar-refractivity contribution in [3.63, 3.8) is 0 Å². The van der Waals surface area contributed by atoms with Crippen LogP contribution >= 0.6 is 0 Å². The summed E-state index contributed by atoms with van der Waals surface area (Å²) in [5, 5.41) is 5.71. The van der Waals surface area contributed by atoms with Gasteiger partial charge in [-0.25, -0.2) is 0 Å². The van der Waals surface area contributed by atoms with E-state index in [1.807, 2.05) is 19.1 Å². The van der Waals surface area contributed by atoms with E-state index in [4.69, 9.17) is 18.9 Å². The van der Waals surface area contributed by atoms with Crippen molar-refractivity contribution >= 4 is 11.8 Å². The minimum atomic E-state index is -0.282. The number of amides is 2. The second-order valence-electron chi connectivity index (χ2n) is 6.60. The SMILES string of the molecule is CCOCCCNC(=O)c1ccc(CNC(=O)c2cc(OC)c(OC)c(OC)c2)cc1. The highest BCUT2D eigenvalue weighted by Crippen LogP contribution is 2.38. The molecule has 0 bridgehead atoms. The molecule has 0 atom stereocenters. The van der Waals surface area contributed by atoms with Gasteiger partial charge >= 0.3 is 0 Å². The minimum absolute atomic E-state index is 0.135. The second kappa shape index (κ2) is 12.4. The second-order valence-corrected chi connectivity index (χ2v) is 6.60. The van der Waals surface area contributed by atoms with Crippen LogP contribution in [0.2, 0.25) is 0 Å². The van der Waals surface area contributed by atoms with E-state index in [-0.39, 0.29) is 11.8 Å². The van der Waals surface area contributed by atoms with Crippen LogP contribution in [-0.4, -0.2) is 52.9 Å². The molecule has 0 heterocycles. The number of nitrogens with one attached hydrogen (secondary N) is 2. The Labute approximate surface area is 182 Å². The third-order valence-corrected chi connectivity index (χ3v) is 4.55. The molecule has 0 aromatic heterocycles. The normalized spacial score (nSPS) is 10.3. The Kier molecular flexibility index (Phi) is 9.64. The Morgan fingerprint density at radius 2 is 1.45 bits per heavy atom. The molecule has 0 aliphatic heterocycles. The molecule has 0 saturated heterocycles. The standard InChI is InChI=1S/C23H30N2O6/c1-5-31-12-6-11-24-22(26)17-9-7-16(8-10-17)15-25-23(27)18-13-19(28-2)21(30-4)20(14-18)29-3/h7-10,13-14H,5-6,11-12,15H2,1-4H3,(H,24,26)(H,25,27). The molecule has 2 amide bonds. The first kappa shape index (κ1) is 24.0. The monoisotopic (exact) mass is 430 g/mol. The van der Waals surface area contributed by atoms with E-state index >= 15 is 0 Å². The summed E-state index contributed by atoms with van der Waals surface area (Å²) in [7, 11) is 4.50. The smallest absolute Gasteiger partial charge is 0.251 e. The number of carbonyl (C=O) groups is 2. The molecule has 0 fully saturated rings. The number of methoxy groups -OCH3 is 3. The number of rotatable bonds is 12. The van der Waals surface area contributed by atoms with Crippen molar-refractivity contribution in [3.8, 4) is 17.2 Å². The number of benzene rings is 2. The fourth-order valence-electron chi connectivity index (χ4n) is 2.89. The maximum atomic E-state index is 12.6. The van der Waals surface area contributed by atoms with Gasteiger partial charge in [-0.15, -0.1) is 0 Å². The topological polar surface area (TPSA) is 95.1 Å². The average molecular weight is 431 g/mol. The lowest BCUT2D eigenvalue weighted by molar-refractivity contribution is 0.0937. The maximum Gasteiger partial charge on any atom is 0.251 e. The van der Waals surface area contributed by atoms with Crippen molar-refractivity contribution in [1.82, 2.24) is 10.6 Å². The summed E-state index contributed by atoms with van der Waals surface area (Å²) in [5.74, 6) is 0.820. The zero-order chi connectivity index (χ0) is 22.6. The number of hydrogen-bond acceptors (Lipinski definition) is 6. The van der Waals surface area contributed by atoms with Gasteiger partial charge in [0, 0.05) is 37.4 Å². The summed E-state index contributed by atoms with van der Waals surface area (Å²) in [6, 6.07) is 10.3. The number of hydrogen-bond donors (Lipinski definition) is 2. The molecule has 0 aliphatic rings. The van der Waals surface area contributed by atoms with Crippen LogP contribution in [0.1, 0.15) is 39.6 Å². The van der Waals surface area contributed by atoms with Gasteiger partial charge in [0.25, 0.3) is 11.8 Å². The maximum absolute atomic E-state index is 12.6. The van der Waals surface area contributed by atoms with Gasteiger partial charge in [-0.05, 0) is 43.2 Å². The van der Waals surface area contributed by atoms with E-state index in [1.54, 1.807) is 24.3 Å². The van der Waals surface area contributed by atoms with Crippen molar-refractivity contribution in [2.45, 2.75) is 19.9 Å². The minimum Gasteiger partial charge on any atom is -0.493 e. The lowest BCUT2D eigenvalue weighted by Crippen LogP contribution is -2.25. The van der Waals surface area contributed by atoms with Gasteiger partial charge in [-0.1, -0.05) is 12.1 Å². The van der Waals surface area contributed by atoms with Crippen LogP contribution in [0, 0.1) is 0 Å². The Hall–Kier alpha value is -3.26.